The molecule has 0 aliphatic rings. The van der Waals surface area contributed by atoms with Crippen molar-refractivity contribution in [3.05, 3.63) is 65.6 Å². The molecule has 1 N–H and O–H groups in total. The van der Waals surface area contributed by atoms with Crippen molar-refractivity contribution in [1.29, 1.82) is 0 Å². The highest BCUT2D eigenvalue weighted by molar-refractivity contribution is 5.37. The first kappa shape index (κ1) is 15.5. The Kier molecular flexibility index (Phi) is 4.04. The van der Waals surface area contributed by atoms with E-state index >= 15 is 0 Å². The van der Waals surface area contributed by atoms with Gasteiger partial charge in [0.1, 0.15) is 0 Å². The number of alkyl halides is 3. The minimum absolute atomic E-state index is 0.151. The van der Waals surface area contributed by atoms with E-state index in [1.165, 1.54) is 6.07 Å². The molecule has 0 saturated carbocycles. The van der Waals surface area contributed by atoms with Crippen LogP contribution in [0, 0.1) is 0 Å². The van der Waals surface area contributed by atoms with E-state index in [1.807, 2.05) is 35.7 Å². The highest BCUT2D eigenvalue weighted by Gasteiger charge is 2.30. The quantitative estimate of drug-likeness (QED) is 0.799. The molecule has 1 atom stereocenters. The number of rotatable bonds is 4. The van der Waals surface area contributed by atoms with Crippen molar-refractivity contribution in [3.8, 4) is 0 Å². The normalized spacial score (nSPS) is 13.4. The lowest BCUT2D eigenvalue weighted by atomic mass is 10.1. The predicted molar refractivity (Wildman–Crippen MR) is 79.7 cm³/mol. The number of halogens is 3. The Morgan fingerprint density at radius 3 is 2.74 bits per heavy atom. The van der Waals surface area contributed by atoms with Crippen LogP contribution in [-0.2, 0) is 12.7 Å². The van der Waals surface area contributed by atoms with Gasteiger partial charge in [0.15, 0.2) is 11.5 Å². The van der Waals surface area contributed by atoms with Crippen LogP contribution in [0.15, 0.2) is 48.7 Å². The molecule has 3 aromatic rings. The third kappa shape index (κ3) is 3.34. The highest BCUT2D eigenvalue weighted by Crippen LogP contribution is 2.29. The van der Waals surface area contributed by atoms with E-state index in [9.17, 15) is 13.2 Å². The number of hydrogen-bond acceptors (Lipinski definition) is 3. The van der Waals surface area contributed by atoms with E-state index in [0.717, 1.165) is 17.8 Å². The lowest BCUT2D eigenvalue weighted by molar-refractivity contribution is -0.137. The van der Waals surface area contributed by atoms with Crippen LogP contribution in [0.4, 0.5) is 13.2 Å². The van der Waals surface area contributed by atoms with E-state index in [4.69, 9.17) is 0 Å². The van der Waals surface area contributed by atoms with Crippen molar-refractivity contribution in [2.24, 2.45) is 0 Å². The molecule has 0 spiro atoms. The van der Waals surface area contributed by atoms with Crippen LogP contribution < -0.4 is 5.32 Å². The van der Waals surface area contributed by atoms with E-state index in [-0.39, 0.29) is 6.04 Å². The molecular weight excluding hydrogens is 305 g/mol. The second-order valence-corrected chi connectivity index (χ2v) is 5.29. The number of pyridine rings is 1. The minimum atomic E-state index is -4.33. The monoisotopic (exact) mass is 320 g/mol. The first-order valence-corrected chi connectivity index (χ1v) is 7.14. The molecule has 0 amide bonds. The van der Waals surface area contributed by atoms with E-state index < -0.39 is 11.7 Å². The molecule has 4 nitrogen and oxygen atoms in total. The zero-order chi connectivity index (χ0) is 16.4. The second-order valence-electron chi connectivity index (χ2n) is 5.29. The average molecular weight is 320 g/mol. The summed E-state index contributed by atoms with van der Waals surface area (Å²) in [6, 6.07) is 10.7. The first-order valence-electron chi connectivity index (χ1n) is 7.14. The first-order chi connectivity index (χ1) is 10.9. The van der Waals surface area contributed by atoms with Gasteiger partial charge in [0.25, 0.3) is 0 Å². The maximum Gasteiger partial charge on any atom is 0.416 e. The summed E-state index contributed by atoms with van der Waals surface area (Å²) in [6.07, 6.45) is -2.47. The van der Waals surface area contributed by atoms with Crippen LogP contribution in [0.3, 0.4) is 0 Å². The number of fused-ring (bicyclic) bond motifs is 1. The molecule has 2 heterocycles. The van der Waals surface area contributed by atoms with Crippen LogP contribution in [0.5, 0.6) is 0 Å². The van der Waals surface area contributed by atoms with E-state index in [1.54, 1.807) is 6.07 Å². The van der Waals surface area contributed by atoms with Crippen molar-refractivity contribution < 1.29 is 13.2 Å². The fraction of sp³-hybridized carbons (Fsp3) is 0.250. The summed E-state index contributed by atoms with van der Waals surface area (Å²) >= 11 is 0. The lowest BCUT2D eigenvalue weighted by Gasteiger charge is -2.13. The zero-order valence-corrected chi connectivity index (χ0v) is 12.4. The Labute approximate surface area is 131 Å². The van der Waals surface area contributed by atoms with E-state index in [0.29, 0.717) is 17.9 Å². The van der Waals surface area contributed by atoms with Crippen LogP contribution >= 0.6 is 0 Å². The van der Waals surface area contributed by atoms with Gasteiger partial charge in [-0.25, -0.2) is 0 Å². The van der Waals surface area contributed by atoms with Gasteiger partial charge in [-0.3, -0.25) is 4.40 Å². The van der Waals surface area contributed by atoms with Crippen LogP contribution in [0.25, 0.3) is 5.65 Å². The van der Waals surface area contributed by atoms with Crippen LogP contribution in [0.2, 0.25) is 0 Å². The summed E-state index contributed by atoms with van der Waals surface area (Å²) in [5.41, 5.74) is 0.660. The van der Waals surface area contributed by atoms with Gasteiger partial charge in [-0.15, -0.1) is 10.2 Å². The lowest BCUT2D eigenvalue weighted by Crippen LogP contribution is -2.20. The molecule has 1 unspecified atom stereocenters. The number of hydrogen-bond donors (Lipinski definition) is 1. The molecule has 7 heteroatoms. The second kappa shape index (κ2) is 6.00. The van der Waals surface area contributed by atoms with Gasteiger partial charge in [0.05, 0.1) is 11.6 Å². The Hall–Kier alpha value is -2.41. The van der Waals surface area contributed by atoms with E-state index in [2.05, 4.69) is 15.5 Å². The number of nitrogens with one attached hydrogen (secondary N) is 1. The molecule has 0 saturated heterocycles. The third-order valence-electron chi connectivity index (χ3n) is 3.59. The SMILES string of the molecule is CC(NCc1cccc(C(F)(F)F)c1)c1nnc2ccccn12. The van der Waals surface area contributed by atoms with Gasteiger partial charge in [0.2, 0.25) is 0 Å². The summed E-state index contributed by atoms with van der Waals surface area (Å²) in [6.45, 7) is 2.21. The minimum Gasteiger partial charge on any atom is -0.303 e. The van der Waals surface area contributed by atoms with Gasteiger partial charge in [-0.1, -0.05) is 24.3 Å². The van der Waals surface area contributed by atoms with Crippen LogP contribution in [-0.4, -0.2) is 14.6 Å². The van der Waals surface area contributed by atoms with Gasteiger partial charge in [0, 0.05) is 12.7 Å². The number of nitrogens with zero attached hydrogens (tertiary/aromatic N) is 3. The van der Waals surface area contributed by atoms with Crippen molar-refractivity contribution in [1.82, 2.24) is 19.9 Å². The van der Waals surface area contributed by atoms with Gasteiger partial charge < -0.3 is 5.32 Å². The molecule has 0 aliphatic heterocycles. The van der Waals surface area contributed by atoms with Crippen molar-refractivity contribution >= 4 is 5.65 Å². The molecule has 0 aliphatic carbocycles. The third-order valence-corrected chi connectivity index (χ3v) is 3.59. The Morgan fingerprint density at radius 1 is 1.13 bits per heavy atom. The maximum absolute atomic E-state index is 12.7. The molecule has 1 aromatic carbocycles. The molecule has 120 valence electrons. The van der Waals surface area contributed by atoms with Crippen molar-refractivity contribution in [3.63, 3.8) is 0 Å². The summed E-state index contributed by atoms with van der Waals surface area (Å²) in [7, 11) is 0. The standard InChI is InChI=1S/C16H15F3N4/c1-11(15-22-21-14-7-2-3-8-23(14)15)20-10-12-5-4-6-13(9-12)16(17,18)19/h2-9,11,20H,10H2,1H3. The predicted octanol–water partition coefficient (Wildman–Crippen LogP) is 3.60. The Balaban J connectivity index is 1.73. The maximum atomic E-state index is 12.7. The molecule has 23 heavy (non-hydrogen) atoms. The molecule has 0 bridgehead atoms. The van der Waals surface area contributed by atoms with Gasteiger partial charge in [-0.2, -0.15) is 13.2 Å². The summed E-state index contributed by atoms with van der Waals surface area (Å²) < 4.78 is 40.0. The smallest absolute Gasteiger partial charge is 0.303 e. The number of aromatic nitrogens is 3. The average Bonchev–Trinajstić information content (AvgIpc) is 2.96. The van der Waals surface area contributed by atoms with Crippen LogP contribution in [0.1, 0.15) is 29.9 Å². The molecule has 2 aromatic heterocycles. The summed E-state index contributed by atoms with van der Waals surface area (Å²) in [4.78, 5) is 0. The van der Waals surface area contributed by atoms with Crippen molar-refractivity contribution in [2.45, 2.75) is 25.7 Å². The van der Waals surface area contributed by atoms with Crippen molar-refractivity contribution in [2.75, 3.05) is 0 Å². The Bertz CT molecular complexity index is 810. The fourth-order valence-electron chi connectivity index (χ4n) is 2.38. The fourth-order valence-corrected chi connectivity index (χ4v) is 2.38. The largest absolute Gasteiger partial charge is 0.416 e. The topological polar surface area (TPSA) is 42.2 Å². The molecule has 0 radical (unpaired) electrons. The molecular formula is C16H15F3N4. The van der Waals surface area contributed by atoms with Gasteiger partial charge in [-0.05, 0) is 30.7 Å². The highest BCUT2D eigenvalue weighted by atomic mass is 19.4. The summed E-state index contributed by atoms with van der Waals surface area (Å²) in [5.74, 6) is 0.715. The Morgan fingerprint density at radius 2 is 1.96 bits per heavy atom. The number of benzene rings is 1. The molecule has 0 fully saturated rings. The molecule has 3 rings (SSSR count). The summed E-state index contributed by atoms with van der Waals surface area (Å²) in [5, 5.41) is 11.4. The zero-order valence-electron chi connectivity index (χ0n) is 12.4. The van der Waals surface area contributed by atoms with Gasteiger partial charge >= 0.3 is 6.18 Å².